The number of piperidine rings is 1. The zero-order valence-corrected chi connectivity index (χ0v) is 19.5. The van der Waals surface area contributed by atoms with Crippen LogP contribution < -0.4 is 5.32 Å². The van der Waals surface area contributed by atoms with Crippen LogP contribution in [-0.4, -0.2) is 55.9 Å². The van der Waals surface area contributed by atoms with Crippen molar-refractivity contribution in [2.24, 2.45) is 0 Å². The Morgan fingerprint density at radius 3 is 2.48 bits per heavy atom. The van der Waals surface area contributed by atoms with Crippen molar-refractivity contribution in [3.63, 3.8) is 0 Å². The normalized spacial score (nSPS) is 18.0. The molecule has 0 unspecified atom stereocenters. The highest BCUT2D eigenvalue weighted by molar-refractivity contribution is 7.90. The molecule has 168 valence electrons. The number of amides is 1. The zero-order valence-electron chi connectivity index (χ0n) is 17.1. The first-order valence-electron chi connectivity index (χ1n) is 9.70. The van der Waals surface area contributed by atoms with Crippen molar-refractivity contribution < 1.29 is 21.6 Å². The number of hydrogen-bond acceptors (Lipinski definition) is 7. The standard InChI is InChI=1S/C19H23ClN4O5S2/c1-3-14-6-4-5-11-24(14)31(28,29)15-9-7-13(8-10-15)22-18(25)17-16(20)12-21-19(23-17)30(2,26)27/h7-10,12,14H,3-6,11H2,1-2H3,(H,22,25)/t14-/m1/s1. The Labute approximate surface area is 186 Å². The number of carbonyl (C=O) groups is 1. The fraction of sp³-hybridized carbons (Fsp3) is 0.421. The van der Waals surface area contributed by atoms with Crippen LogP contribution in [0.1, 0.15) is 43.1 Å². The Bertz CT molecular complexity index is 1180. The van der Waals surface area contributed by atoms with Crippen molar-refractivity contribution in [2.75, 3.05) is 18.1 Å². The molecule has 2 aromatic rings. The predicted molar refractivity (Wildman–Crippen MR) is 116 cm³/mol. The number of benzene rings is 1. The molecule has 1 aliphatic rings. The van der Waals surface area contributed by atoms with Gasteiger partial charge in [0, 0.05) is 24.5 Å². The van der Waals surface area contributed by atoms with Gasteiger partial charge in [0.15, 0.2) is 5.69 Å². The number of hydrogen-bond donors (Lipinski definition) is 1. The summed E-state index contributed by atoms with van der Waals surface area (Å²) < 4.78 is 50.9. The van der Waals surface area contributed by atoms with Gasteiger partial charge in [-0.25, -0.2) is 26.8 Å². The quantitative estimate of drug-likeness (QED) is 0.622. The monoisotopic (exact) mass is 486 g/mol. The number of sulfonamides is 1. The van der Waals surface area contributed by atoms with Crippen LogP contribution in [0.3, 0.4) is 0 Å². The number of sulfone groups is 1. The summed E-state index contributed by atoms with van der Waals surface area (Å²) in [6.45, 7) is 2.47. The van der Waals surface area contributed by atoms with Gasteiger partial charge in [0.05, 0.1) is 16.1 Å². The Kier molecular flexibility index (Phi) is 6.99. The second kappa shape index (κ2) is 9.19. The molecule has 0 saturated carbocycles. The first-order chi connectivity index (χ1) is 14.5. The van der Waals surface area contributed by atoms with Crippen molar-refractivity contribution >= 4 is 43.1 Å². The van der Waals surface area contributed by atoms with Gasteiger partial charge in [-0.3, -0.25) is 4.79 Å². The molecule has 2 heterocycles. The summed E-state index contributed by atoms with van der Waals surface area (Å²) in [6.07, 6.45) is 5.41. The smallest absolute Gasteiger partial charge is 0.275 e. The lowest BCUT2D eigenvalue weighted by molar-refractivity contribution is 0.102. The van der Waals surface area contributed by atoms with Gasteiger partial charge < -0.3 is 5.32 Å². The maximum atomic E-state index is 13.0. The Hall–Kier alpha value is -2.08. The minimum atomic E-state index is -3.72. The third-order valence-electron chi connectivity index (χ3n) is 5.03. The minimum absolute atomic E-state index is 0.0120. The highest BCUT2D eigenvalue weighted by atomic mass is 35.5. The molecule has 0 bridgehead atoms. The van der Waals surface area contributed by atoms with E-state index in [4.69, 9.17) is 11.6 Å². The third kappa shape index (κ3) is 5.22. The Balaban J connectivity index is 1.80. The van der Waals surface area contributed by atoms with Gasteiger partial charge in [0.2, 0.25) is 25.0 Å². The van der Waals surface area contributed by atoms with Crippen LogP contribution in [0.2, 0.25) is 5.02 Å². The first kappa shape index (κ1) is 23.6. The second-order valence-corrected chi connectivity index (χ2v) is 11.5. The van der Waals surface area contributed by atoms with Gasteiger partial charge in [-0.15, -0.1) is 0 Å². The van der Waals surface area contributed by atoms with Crippen LogP contribution in [0.4, 0.5) is 5.69 Å². The van der Waals surface area contributed by atoms with Gasteiger partial charge in [-0.2, -0.15) is 4.31 Å². The van der Waals surface area contributed by atoms with Gasteiger partial charge in [-0.05, 0) is 43.5 Å². The molecule has 1 aromatic carbocycles. The van der Waals surface area contributed by atoms with Crippen LogP contribution in [0.15, 0.2) is 40.5 Å². The molecule has 1 amide bonds. The number of aromatic nitrogens is 2. The molecule has 9 nitrogen and oxygen atoms in total. The molecule has 1 fully saturated rings. The van der Waals surface area contributed by atoms with E-state index in [0.29, 0.717) is 12.2 Å². The van der Waals surface area contributed by atoms with E-state index in [-0.39, 0.29) is 21.7 Å². The summed E-state index contributed by atoms with van der Waals surface area (Å²) in [6, 6.07) is 5.76. The van der Waals surface area contributed by atoms with Gasteiger partial charge >= 0.3 is 0 Å². The van der Waals surface area contributed by atoms with E-state index in [9.17, 15) is 21.6 Å². The molecule has 1 N–H and O–H groups in total. The number of halogens is 1. The average molecular weight is 487 g/mol. The Morgan fingerprint density at radius 1 is 1.19 bits per heavy atom. The molecule has 1 aromatic heterocycles. The van der Waals surface area contributed by atoms with Crippen LogP contribution in [0.25, 0.3) is 0 Å². The highest BCUT2D eigenvalue weighted by Gasteiger charge is 2.32. The lowest BCUT2D eigenvalue weighted by Crippen LogP contribution is -2.43. The topological polar surface area (TPSA) is 126 Å². The third-order valence-corrected chi connectivity index (χ3v) is 8.13. The summed E-state index contributed by atoms with van der Waals surface area (Å²) in [7, 11) is -7.36. The summed E-state index contributed by atoms with van der Waals surface area (Å²) in [5.41, 5.74) is 0.0121. The van der Waals surface area contributed by atoms with Gasteiger partial charge in [-0.1, -0.05) is 24.9 Å². The van der Waals surface area contributed by atoms with Crippen LogP contribution in [-0.2, 0) is 19.9 Å². The highest BCUT2D eigenvalue weighted by Crippen LogP contribution is 2.27. The van der Waals surface area contributed by atoms with Crippen molar-refractivity contribution in [2.45, 2.75) is 48.7 Å². The van der Waals surface area contributed by atoms with E-state index < -0.39 is 30.9 Å². The lowest BCUT2D eigenvalue weighted by atomic mass is 10.0. The SMILES string of the molecule is CC[C@@H]1CCCCN1S(=O)(=O)c1ccc(NC(=O)c2nc(S(C)(=O)=O)ncc2Cl)cc1. The molecular weight excluding hydrogens is 464 g/mol. The average Bonchev–Trinajstić information content (AvgIpc) is 2.73. The van der Waals surface area contributed by atoms with Gasteiger partial charge in [0.25, 0.3) is 5.91 Å². The van der Waals surface area contributed by atoms with E-state index in [1.807, 2.05) is 6.92 Å². The summed E-state index contributed by atoms with van der Waals surface area (Å²) in [5.74, 6) is -0.741. The molecule has 31 heavy (non-hydrogen) atoms. The molecule has 0 aliphatic carbocycles. The molecule has 12 heteroatoms. The van der Waals surface area contributed by atoms with Crippen molar-refractivity contribution in [1.29, 1.82) is 0 Å². The van der Waals surface area contributed by atoms with E-state index >= 15 is 0 Å². The van der Waals surface area contributed by atoms with Gasteiger partial charge in [0.1, 0.15) is 0 Å². The zero-order chi connectivity index (χ0) is 22.8. The number of anilines is 1. The minimum Gasteiger partial charge on any atom is -0.321 e. The van der Waals surface area contributed by atoms with E-state index in [1.54, 1.807) is 4.31 Å². The predicted octanol–water partition coefficient (Wildman–Crippen LogP) is 2.74. The van der Waals surface area contributed by atoms with Crippen molar-refractivity contribution in [1.82, 2.24) is 14.3 Å². The number of carbonyl (C=O) groups excluding carboxylic acids is 1. The summed E-state index contributed by atoms with van der Waals surface area (Å²) in [4.78, 5) is 20.0. The van der Waals surface area contributed by atoms with E-state index in [0.717, 1.165) is 38.1 Å². The first-order valence-corrected chi connectivity index (χ1v) is 13.4. The summed E-state index contributed by atoms with van der Waals surface area (Å²) in [5, 5.41) is 1.91. The second-order valence-electron chi connectivity index (χ2n) is 7.27. The fourth-order valence-electron chi connectivity index (χ4n) is 3.42. The van der Waals surface area contributed by atoms with E-state index in [2.05, 4.69) is 15.3 Å². The molecular formula is C19H23ClN4O5S2. The van der Waals surface area contributed by atoms with Crippen molar-refractivity contribution in [3.8, 4) is 0 Å². The lowest BCUT2D eigenvalue weighted by Gasteiger charge is -2.34. The molecule has 1 atom stereocenters. The molecule has 1 saturated heterocycles. The van der Waals surface area contributed by atoms with Crippen LogP contribution >= 0.6 is 11.6 Å². The molecule has 3 rings (SSSR count). The summed E-state index contributed by atoms with van der Waals surface area (Å²) >= 11 is 5.94. The largest absolute Gasteiger partial charge is 0.321 e. The van der Waals surface area contributed by atoms with Crippen LogP contribution in [0.5, 0.6) is 0 Å². The maximum Gasteiger partial charge on any atom is 0.275 e. The van der Waals surface area contributed by atoms with Crippen LogP contribution in [0, 0.1) is 0 Å². The Morgan fingerprint density at radius 2 is 1.87 bits per heavy atom. The maximum absolute atomic E-state index is 13.0. The number of nitrogens with zero attached hydrogens (tertiary/aromatic N) is 3. The molecule has 1 aliphatic heterocycles. The molecule has 0 radical (unpaired) electrons. The van der Waals surface area contributed by atoms with E-state index in [1.165, 1.54) is 24.3 Å². The number of nitrogens with one attached hydrogen (secondary N) is 1. The number of rotatable bonds is 6. The molecule has 0 spiro atoms. The van der Waals surface area contributed by atoms with Crippen molar-refractivity contribution in [3.05, 3.63) is 41.2 Å². The fourth-order valence-corrected chi connectivity index (χ4v) is 5.87.